The van der Waals surface area contributed by atoms with Crippen LogP contribution in [0.1, 0.15) is 19.8 Å². The van der Waals surface area contributed by atoms with Crippen LogP contribution in [-0.2, 0) is 4.79 Å². The number of hydrogen-bond donors (Lipinski definition) is 0. The van der Waals surface area contributed by atoms with Crippen molar-refractivity contribution in [1.82, 2.24) is 14.9 Å². The second-order valence-electron chi connectivity index (χ2n) is 7.48. The summed E-state index contributed by atoms with van der Waals surface area (Å²) in [6.45, 7) is 3.92. The van der Waals surface area contributed by atoms with Crippen LogP contribution in [0, 0.1) is 5.92 Å². The monoisotopic (exact) mass is 407 g/mol. The van der Waals surface area contributed by atoms with E-state index in [1.165, 1.54) is 18.2 Å². The van der Waals surface area contributed by atoms with E-state index in [9.17, 15) is 4.79 Å². The van der Waals surface area contributed by atoms with Gasteiger partial charge in [-0.1, -0.05) is 49.0 Å². The zero-order chi connectivity index (χ0) is 20.2. The summed E-state index contributed by atoms with van der Waals surface area (Å²) in [7, 11) is 1.65. The molecule has 3 aromatic rings. The van der Waals surface area contributed by atoms with Crippen LogP contribution in [0.3, 0.4) is 0 Å². The molecule has 6 heteroatoms. The lowest BCUT2D eigenvalue weighted by atomic mass is 10.0. The molecule has 150 valence electrons. The SMILES string of the molecule is COc1ccc2nc(-c3ccccc3)nc(SCC(=O)N3CCC[C@@H](C)C3)c2c1. The molecule has 2 heterocycles. The Balaban J connectivity index is 1.64. The highest BCUT2D eigenvalue weighted by atomic mass is 32.2. The highest BCUT2D eigenvalue weighted by Crippen LogP contribution is 2.31. The summed E-state index contributed by atoms with van der Waals surface area (Å²) >= 11 is 1.48. The molecule has 2 aromatic carbocycles. The number of likely N-dealkylation sites (tertiary alicyclic amines) is 1. The van der Waals surface area contributed by atoms with E-state index >= 15 is 0 Å². The van der Waals surface area contributed by atoms with Gasteiger partial charge in [0.2, 0.25) is 5.91 Å². The first-order valence-electron chi connectivity index (χ1n) is 9.96. The minimum Gasteiger partial charge on any atom is -0.497 e. The van der Waals surface area contributed by atoms with Crippen LogP contribution in [0.2, 0.25) is 0 Å². The van der Waals surface area contributed by atoms with Crippen LogP contribution in [0.5, 0.6) is 5.75 Å². The third-order valence-corrected chi connectivity index (χ3v) is 6.22. The van der Waals surface area contributed by atoms with Crippen molar-refractivity contribution in [2.75, 3.05) is 26.0 Å². The zero-order valence-corrected chi connectivity index (χ0v) is 17.6. The van der Waals surface area contributed by atoms with Crippen LogP contribution < -0.4 is 4.74 Å². The molecule has 5 nitrogen and oxygen atoms in total. The zero-order valence-electron chi connectivity index (χ0n) is 16.8. The maximum Gasteiger partial charge on any atom is 0.232 e. The Morgan fingerprint density at radius 1 is 1.21 bits per heavy atom. The summed E-state index contributed by atoms with van der Waals surface area (Å²) < 4.78 is 5.38. The molecular weight excluding hydrogens is 382 g/mol. The van der Waals surface area contributed by atoms with Gasteiger partial charge in [-0.3, -0.25) is 4.79 Å². The third kappa shape index (κ3) is 4.53. The van der Waals surface area contributed by atoms with Crippen molar-refractivity contribution in [3.05, 3.63) is 48.5 Å². The van der Waals surface area contributed by atoms with Crippen molar-refractivity contribution in [2.45, 2.75) is 24.8 Å². The Morgan fingerprint density at radius 2 is 2.03 bits per heavy atom. The lowest BCUT2D eigenvalue weighted by Crippen LogP contribution is -2.40. The number of amides is 1. The van der Waals surface area contributed by atoms with Gasteiger partial charge in [0.05, 0.1) is 18.4 Å². The van der Waals surface area contributed by atoms with E-state index in [0.29, 0.717) is 17.5 Å². The van der Waals surface area contributed by atoms with Crippen molar-refractivity contribution in [3.63, 3.8) is 0 Å². The molecule has 1 saturated heterocycles. The molecule has 29 heavy (non-hydrogen) atoms. The minimum atomic E-state index is 0.178. The lowest BCUT2D eigenvalue weighted by molar-refractivity contribution is -0.130. The standard InChI is InChI=1S/C23H25N3O2S/c1-16-7-6-12-26(14-16)21(27)15-29-23-19-13-18(28-2)10-11-20(19)24-22(25-23)17-8-4-3-5-9-17/h3-5,8-11,13,16H,6-7,12,14-15H2,1-2H3/t16-/m1/s1. The first kappa shape index (κ1) is 19.7. The lowest BCUT2D eigenvalue weighted by Gasteiger charge is -2.30. The largest absolute Gasteiger partial charge is 0.497 e. The fourth-order valence-electron chi connectivity index (χ4n) is 3.67. The highest BCUT2D eigenvalue weighted by molar-refractivity contribution is 8.00. The Bertz CT molecular complexity index is 1010. The number of carbonyl (C=O) groups is 1. The molecule has 0 unspecified atom stereocenters. The molecule has 0 N–H and O–H groups in total. The summed E-state index contributed by atoms with van der Waals surface area (Å²) in [5.41, 5.74) is 1.81. The predicted octanol–water partition coefficient (Wildman–Crippen LogP) is 4.66. The number of piperidine rings is 1. The van der Waals surface area contributed by atoms with E-state index < -0.39 is 0 Å². The molecule has 1 fully saturated rings. The van der Waals surface area contributed by atoms with Gasteiger partial charge in [-0.05, 0) is 37.0 Å². The van der Waals surface area contributed by atoms with Gasteiger partial charge < -0.3 is 9.64 Å². The summed E-state index contributed by atoms with van der Waals surface area (Å²) in [5, 5.41) is 1.72. The molecule has 1 atom stereocenters. The molecule has 0 saturated carbocycles. The van der Waals surface area contributed by atoms with Gasteiger partial charge >= 0.3 is 0 Å². The van der Waals surface area contributed by atoms with E-state index in [0.717, 1.165) is 46.8 Å². The van der Waals surface area contributed by atoms with Gasteiger partial charge in [-0.2, -0.15) is 0 Å². The van der Waals surface area contributed by atoms with Gasteiger partial charge in [0, 0.05) is 24.0 Å². The third-order valence-electron chi connectivity index (χ3n) is 5.24. The van der Waals surface area contributed by atoms with Crippen LogP contribution in [0.25, 0.3) is 22.3 Å². The molecular formula is C23H25N3O2S. The predicted molar refractivity (Wildman–Crippen MR) is 117 cm³/mol. The summed E-state index contributed by atoms with van der Waals surface area (Å²) in [6.07, 6.45) is 2.29. The Labute approximate surface area is 175 Å². The van der Waals surface area contributed by atoms with Gasteiger partial charge in [-0.25, -0.2) is 9.97 Å². The number of benzene rings is 2. The average Bonchev–Trinajstić information content (AvgIpc) is 2.77. The van der Waals surface area contributed by atoms with Crippen molar-refractivity contribution in [3.8, 4) is 17.1 Å². The summed E-state index contributed by atoms with van der Waals surface area (Å²) in [6, 6.07) is 15.7. The van der Waals surface area contributed by atoms with E-state index in [-0.39, 0.29) is 5.91 Å². The molecule has 0 spiro atoms. The topological polar surface area (TPSA) is 55.3 Å². The number of fused-ring (bicyclic) bond motifs is 1. The molecule has 1 aliphatic rings. The number of nitrogens with zero attached hydrogens (tertiary/aromatic N) is 3. The number of carbonyl (C=O) groups excluding carboxylic acids is 1. The van der Waals surface area contributed by atoms with Crippen LogP contribution in [0.15, 0.2) is 53.6 Å². The second kappa shape index (κ2) is 8.82. The van der Waals surface area contributed by atoms with Gasteiger partial charge in [0.15, 0.2) is 5.82 Å². The molecule has 0 radical (unpaired) electrons. The van der Waals surface area contributed by atoms with E-state index in [1.807, 2.05) is 53.4 Å². The van der Waals surface area contributed by atoms with Crippen molar-refractivity contribution >= 4 is 28.6 Å². The highest BCUT2D eigenvalue weighted by Gasteiger charge is 2.21. The van der Waals surface area contributed by atoms with Crippen LogP contribution in [0.4, 0.5) is 0 Å². The van der Waals surface area contributed by atoms with Gasteiger partial charge in [0.25, 0.3) is 0 Å². The van der Waals surface area contributed by atoms with E-state index in [1.54, 1.807) is 7.11 Å². The van der Waals surface area contributed by atoms with E-state index in [2.05, 4.69) is 6.92 Å². The number of hydrogen-bond acceptors (Lipinski definition) is 5. The minimum absolute atomic E-state index is 0.178. The maximum absolute atomic E-state index is 12.8. The van der Waals surface area contributed by atoms with Crippen molar-refractivity contribution < 1.29 is 9.53 Å². The molecule has 1 amide bonds. The smallest absolute Gasteiger partial charge is 0.232 e. The summed E-state index contributed by atoms with van der Waals surface area (Å²) in [5.74, 6) is 2.56. The first-order valence-corrected chi connectivity index (χ1v) is 10.9. The van der Waals surface area contributed by atoms with Gasteiger partial charge in [0.1, 0.15) is 10.8 Å². The molecule has 1 aromatic heterocycles. The molecule has 4 rings (SSSR count). The van der Waals surface area contributed by atoms with Gasteiger partial charge in [-0.15, -0.1) is 0 Å². The van der Waals surface area contributed by atoms with Crippen molar-refractivity contribution in [1.29, 1.82) is 0 Å². The normalized spacial score (nSPS) is 16.8. The van der Waals surface area contributed by atoms with Crippen LogP contribution >= 0.6 is 11.8 Å². The number of aromatic nitrogens is 2. The maximum atomic E-state index is 12.8. The Hall–Kier alpha value is -2.60. The average molecular weight is 408 g/mol. The number of ether oxygens (including phenoxy) is 1. The quantitative estimate of drug-likeness (QED) is 0.455. The fraction of sp³-hybridized carbons (Fsp3) is 0.348. The fourth-order valence-corrected chi connectivity index (χ4v) is 4.58. The molecule has 0 bridgehead atoms. The summed E-state index contributed by atoms with van der Waals surface area (Å²) in [4.78, 5) is 24.3. The first-order chi connectivity index (χ1) is 14.1. The number of methoxy groups -OCH3 is 1. The van der Waals surface area contributed by atoms with E-state index in [4.69, 9.17) is 14.7 Å². The van der Waals surface area contributed by atoms with Crippen molar-refractivity contribution in [2.24, 2.45) is 5.92 Å². The molecule has 0 aliphatic carbocycles. The number of thioether (sulfide) groups is 1. The Kier molecular flexibility index (Phi) is 6.00. The Morgan fingerprint density at radius 3 is 2.79 bits per heavy atom. The second-order valence-corrected chi connectivity index (χ2v) is 8.44. The molecule has 1 aliphatic heterocycles. The van der Waals surface area contributed by atoms with Crippen LogP contribution in [-0.4, -0.2) is 46.7 Å². The number of rotatable bonds is 5.